The van der Waals surface area contributed by atoms with E-state index in [9.17, 15) is 0 Å². The fourth-order valence-electron chi connectivity index (χ4n) is 4.78. The first kappa shape index (κ1) is 14.8. The smallest absolute Gasteiger partial charge is 0.000705 e. The zero-order valence-corrected chi connectivity index (χ0v) is 14.9. The Bertz CT molecular complexity index is 1270. The van der Waals surface area contributed by atoms with Crippen molar-refractivity contribution in [3.05, 3.63) is 108 Å². The van der Waals surface area contributed by atoms with Gasteiger partial charge in [0.2, 0.25) is 0 Å². The standard InChI is InChI=1S/C27H18/c1-2-9-18(10-3-1)26-22-14-6-7-15-23(22)27-21-13-5-4-12-20(21)19-11-8-16-24(26)25(27)17-19/h1-16H,17H2. The second-order valence-electron chi connectivity index (χ2n) is 7.33. The van der Waals surface area contributed by atoms with Crippen molar-refractivity contribution in [1.82, 2.24) is 0 Å². The lowest BCUT2D eigenvalue weighted by Gasteiger charge is -2.27. The quantitative estimate of drug-likeness (QED) is 0.345. The third-order valence-corrected chi connectivity index (χ3v) is 5.89. The minimum atomic E-state index is 0.999. The van der Waals surface area contributed by atoms with Crippen LogP contribution in [0.4, 0.5) is 0 Å². The van der Waals surface area contributed by atoms with Crippen molar-refractivity contribution < 1.29 is 0 Å². The molecule has 0 heterocycles. The van der Waals surface area contributed by atoms with Crippen LogP contribution in [0.15, 0.2) is 91.0 Å². The Kier molecular flexibility index (Phi) is 3.04. The molecule has 0 aromatic heterocycles. The van der Waals surface area contributed by atoms with Crippen LogP contribution in [0, 0.1) is 0 Å². The van der Waals surface area contributed by atoms with E-state index in [1.54, 1.807) is 0 Å². The second kappa shape index (κ2) is 5.56. The summed E-state index contributed by atoms with van der Waals surface area (Å²) in [6, 6.07) is 28.6. The first-order valence-electron chi connectivity index (χ1n) is 9.52. The Morgan fingerprint density at radius 2 is 1.26 bits per heavy atom. The van der Waals surface area contributed by atoms with Gasteiger partial charge in [0, 0.05) is 0 Å². The van der Waals surface area contributed by atoms with E-state index in [1.165, 1.54) is 55.3 Å². The Labute approximate surface area is 159 Å². The molecule has 0 amide bonds. The summed E-state index contributed by atoms with van der Waals surface area (Å²) >= 11 is 0. The molecule has 6 rings (SSSR count). The average Bonchev–Trinajstić information content (AvgIpc) is 2.93. The molecule has 0 nitrogen and oxygen atoms in total. The van der Waals surface area contributed by atoms with Gasteiger partial charge in [0.1, 0.15) is 0 Å². The molecule has 0 saturated heterocycles. The van der Waals surface area contributed by atoms with Crippen molar-refractivity contribution in [2.24, 2.45) is 0 Å². The summed E-state index contributed by atoms with van der Waals surface area (Å²) in [5.74, 6) is 0. The molecule has 2 aliphatic rings. The molecule has 126 valence electrons. The number of hydrogen-bond acceptors (Lipinski definition) is 0. The maximum absolute atomic E-state index is 2.31. The van der Waals surface area contributed by atoms with Gasteiger partial charge in [-0.3, -0.25) is 0 Å². The first-order valence-corrected chi connectivity index (χ1v) is 9.52. The third kappa shape index (κ3) is 2.04. The van der Waals surface area contributed by atoms with E-state index in [2.05, 4.69) is 97.1 Å². The van der Waals surface area contributed by atoms with Gasteiger partial charge in [-0.15, -0.1) is 0 Å². The molecular formula is C27H18. The zero-order valence-electron chi connectivity index (χ0n) is 14.9. The van der Waals surface area contributed by atoms with Gasteiger partial charge in [-0.05, 0) is 61.7 Å². The summed E-state index contributed by atoms with van der Waals surface area (Å²) in [6.07, 6.45) is 7.83. The molecule has 4 aromatic rings. The van der Waals surface area contributed by atoms with Crippen LogP contribution in [-0.2, 0) is 6.42 Å². The molecule has 0 atom stereocenters. The predicted molar refractivity (Wildman–Crippen MR) is 116 cm³/mol. The van der Waals surface area contributed by atoms with Crippen molar-refractivity contribution >= 4 is 22.4 Å². The van der Waals surface area contributed by atoms with Crippen molar-refractivity contribution in [1.29, 1.82) is 0 Å². The highest BCUT2D eigenvalue weighted by atomic mass is 14.3. The Hall–Kier alpha value is -3.38. The largest absolute Gasteiger partial charge is 0.0622 e. The van der Waals surface area contributed by atoms with Crippen molar-refractivity contribution in [2.75, 3.05) is 0 Å². The summed E-state index contributed by atoms with van der Waals surface area (Å²) in [6.45, 7) is 0. The highest BCUT2D eigenvalue weighted by Gasteiger charge is 2.27. The van der Waals surface area contributed by atoms with E-state index in [-0.39, 0.29) is 0 Å². The molecule has 0 radical (unpaired) electrons. The maximum Gasteiger partial charge on any atom is -0.000705 e. The van der Waals surface area contributed by atoms with Gasteiger partial charge in [0.15, 0.2) is 0 Å². The Morgan fingerprint density at radius 1 is 0.593 bits per heavy atom. The fraction of sp³-hybridized carbons (Fsp3) is 0.0370. The highest BCUT2D eigenvalue weighted by Crippen LogP contribution is 2.49. The van der Waals surface area contributed by atoms with Crippen molar-refractivity contribution in [3.8, 4) is 22.3 Å². The van der Waals surface area contributed by atoms with Crippen LogP contribution in [0.1, 0.15) is 16.7 Å². The summed E-state index contributed by atoms with van der Waals surface area (Å²) in [5, 5.41) is 2.69. The molecule has 0 aliphatic heterocycles. The molecule has 0 unspecified atom stereocenters. The van der Waals surface area contributed by atoms with Crippen LogP contribution in [0.3, 0.4) is 0 Å². The molecule has 4 aromatic carbocycles. The van der Waals surface area contributed by atoms with Gasteiger partial charge in [-0.1, -0.05) is 97.1 Å². The van der Waals surface area contributed by atoms with Crippen LogP contribution in [0.25, 0.3) is 44.7 Å². The Balaban J connectivity index is 1.85. The van der Waals surface area contributed by atoms with E-state index >= 15 is 0 Å². The molecule has 0 saturated carbocycles. The average molecular weight is 342 g/mol. The Morgan fingerprint density at radius 3 is 2.07 bits per heavy atom. The van der Waals surface area contributed by atoms with E-state index < -0.39 is 0 Å². The maximum atomic E-state index is 2.31. The predicted octanol–water partition coefficient (Wildman–Crippen LogP) is 7.14. The van der Waals surface area contributed by atoms with Crippen LogP contribution >= 0.6 is 0 Å². The number of hydrogen-bond donors (Lipinski definition) is 0. The summed E-state index contributed by atoms with van der Waals surface area (Å²) < 4.78 is 0. The van der Waals surface area contributed by atoms with Crippen LogP contribution < -0.4 is 0 Å². The van der Waals surface area contributed by atoms with E-state index in [0.717, 1.165) is 6.42 Å². The van der Waals surface area contributed by atoms with E-state index in [0.29, 0.717) is 0 Å². The minimum Gasteiger partial charge on any atom is -0.0622 e. The summed E-state index contributed by atoms with van der Waals surface area (Å²) in [4.78, 5) is 0. The zero-order chi connectivity index (χ0) is 17.8. The normalized spacial score (nSPS) is 13.9. The van der Waals surface area contributed by atoms with Gasteiger partial charge >= 0.3 is 0 Å². The number of allylic oxidation sites excluding steroid dienone is 3. The lowest BCUT2D eigenvalue weighted by atomic mass is 9.76. The fourth-order valence-corrected chi connectivity index (χ4v) is 4.78. The number of fused-ring (bicyclic) bond motifs is 6. The van der Waals surface area contributed by atoms with Crippen LogP contribution in [0.5, 0.6) is 0 Å². The van der Waals surface area contributed by atoms with Crippen LogP contribution in [-0.4, -0.2) is 0 Å². The van der Waals surface area contributed by atoms with E-state index in [4.69, 9.17) is 0 Å². The van der Waals surface area contributed by atoms with Gasteiger partial charge in [-0.25, -0.2) is 0 Å². The SMILES string of the molecule is C1=Cc2c3c(c4ccccc4c2-c2ccccc2)-c2ccccc2C(=C1)C3. The van der Waals surface area contributed by atoms with Gasteiger partial charge < -0.3 is 0 Å². The van der Waals surface area contributed by atoms with Crippen molar-refractivity contribution in [2.45, 2.75) is 6.42 Å². The van der Waals surface area contributed by atoms with Gasteiger partial charge in [0.25, 0.3) is 0 Å². The van der Waals surface area contributed by atoms with Gasteiger partial charge in [0.05, 0.1) is 0 Å². The molecule has 27 heavy (non-hydrogen) atoms. The molecular weight excluding hydrogens is 324 g/mol. The topological polar surface area (TPSA) is 0 Å². The molecule has 0 heteroatoms. The van der Waals surface area contributed by atoms with E-state index in [1.807, 2.05) is 0 Å². The van der Waals surface area contributed by atoms with Gasteiger partial charge in [-0.2, -0.15) is 0 Å². The molecule has 2 bridgehead atoms. The minimum absolute atomic E-state index is 0.999. The van der Waals surface area contributed by atoms with Crippen molar-refractivity contribution in [3.63, 3.8) is 0 Å². The lowest BCUT2D eigenvalue weighted by Crippen LogP contribution is -2.06. The number of benzene rings is 4. The molecule has 0 spiro atoms. The summed E-state index contributed by atoms with van der Waals surface area (Å²) in [7, 11) is 0. The molecule has 0 fully saturated rings. The molecule has 0 N–H and O–H groups in total. The third-order valence-electron chi connectivity index (χ3n) is 5.89. The monoisotopic (exact) mass is 342 g/mol. The highest BCUT2D eigenvalue weighted by molar-refractivity contribution is 6.13. The summed E-state index contributed by atoms with van der Waals surface area (Å²) in [5.41, 5.74) is 11.1. The van der Waals surface area contributed by atoms with Crippen LogP contribution in [0.2, 0.25) is 0 Å². The number of rotatable bonds is 1. The first-order chi connectivity index (χ1) is 13.4. The molecule has 2 aliphatic carbocycles. The second-order valence-corrected chi connectivity index (χ2v) is 7.33. The lowest BCUT2D eigenvalue weighted by molar-refractivity contribution is 1.25.